The number of piperazine rings is 1. The fourth-order valence-electron chi connectivity index (χ4n) is 5.96. The normalized spacial score (nSPS) is 17.8. The van der Waals surface area contributed by atoms with Crippen molar-refractivity contribution in [3.8, 4) is 11.5 Å². The Bertz CT molecular complexity index is 1510. The topological polar surface area (TPSA) is 91.7 Å². The van der Waals surface area contributed by atoms with E-state index < -0.39 is 18.5 Å². The van der Waals surface area contributed by atoms with Gasteiger partial charge in [-0.3, -0.25) is 14.4 Å². The second-order valence-corrected chi connectivity index (χ2v) is 11.5. The highest BCUT2D eigenvalue weighted by atomic mass is 19.3. The van der Waals surface area contributed by atoms with Crippen LogP contribution in [0.2, 0.25) is 0 Å². The number of alkyl halides is 2. The Labute approximate surface area is 261 Å². The molecule has 3 heterocycles. The quantitative estimate of drug-likeness (QED) is 0.192. The summed E-state index contributed by atoms with van der Waals surface area (Å²) in [5, 5.41) is 0.850. The molecule has 0 N–H and O–H groups in total. The van der Waals surface area contributed by atoms with Gasteiger partial charge in [-0.1, -0.05) is 19.4 Å². The largest absolute Gasteiger partial charge is 0.496 e. The van der Waals surface area contributed by atoms with Crippen LogP contribution in [0.4, 0.5) is 13.6 Å². The molecular formula is C33H41F2N3O7. The first kappa shape index (κ1) is 32.6. The van der Waals surface area contributed by atoms with Crippen molar-refractivity contribution in [3.63, 3.8) is 0 Å². The summed E-state index contributed by atoms with van der Waals surface area (Å²) in [7, 11) is 2.92. The minimum Gasteiger partial charge on any atom is -0.496 e. The van der Waals surface area contributed by atoms with Gasteiger partial charge in [-0.25, -0.2) is 18.4 Å². The first-order valence-corrected chi connectivity index (χ1v) is 15.3. The van der Waals surface area contributed by atoms with Crippen LogP contribution >= 0.6 is 0 Å². The lowest BCUT2D eigenvalue weighted by Gasteiger charge is -2.42. The summed E-state index contributed by atoms with van der Waals surface area (Å²) >= 11 is 0. The number of hydrogen-bond donors (Lipinski definition) is 0. The first-order chi connectivity index (χ1) is 21.7. The molecule has 1 atom stereocenters. The van der Waals surface area contributed by atoms with Crippen LogP contribution in [-0.2, 0) is 20.8 Å². The van der Waals surface area contributed by atoms with E-state index in [0.717, 1.165) is 40.4 Å². The van der Waals surface area contributed by atoms with Crippen molar-refractivity contribution in [2.24, 2.45) is 0 Å². The molecule has 0 spiro atoms. The Morgan fingerprint density at radius 1 is 1.09 bits per heavy atom. The van der Waals surface area contributed by atoms with Crippen LogP contribution in [0.3, 0.4) is 0 Å². The molecule has 1 aromatic heterocycles. The number of aryl methyl sites for hydroxylation is 1. The highest BCUT2D eigenvalue weighted by molar-refractivity contribution is 5.95. The van der Waals surface area contributed by atoms with Gasteiger partial charge in [0.2, 0.25) is 0 Å². The Balaban J connectivity index is 1.52. The highest BCUT2D eigenvalue weighted by Gasteiger charge is 2.33. The second-order valence-electron chi connectivity index (χ2n) is 11.5. The molecular weight excluding hydrogens is 588 g/mol. The number of rotatable bonds is 12. The predicted octanol–water partition coefficient (Wildman–Crippen LogP) is 5.43. The maximum atomic E-state index is 13.5. The van der Waals surface area contributed by atoms with Crippen molar-refractivity contribution in [2.75, 3.05) is 60.2 Å². The van der Waals surface area contributed by atoms with Gasteiger partial charge < -0.3 is 23.7 Å². The number of methoxy groups -OCH3 is 2. The number of carbonyl (C=O) groups is 2. The van der Waals surface area contributed by atoms with Gasteiger partial charge in [0.05, 0.1) is 46.1 Å². The molecule has 0 unspecified atom stereocenters. The monoisotopic (exact) mass is 629 g/mol. The van der Waals surface area contributed by atoms with Gasteiger partial charge in [0.1, 0.15) is 23.2 Å². The number of ether oxygens (including phenoxy) is 5. The van der Waals surface area contributed by atoms with Crippen molar-refractivity contribution in [2.45, 2.75) is 51.8 Å². The molecule has 0 bridgehead atoms. The summed E-state index contributed by atoms with van der Waals surface area (Å²) in [6, 6.07) is 8.78. The van der Waals surface area contributed by atoms with Gasteiger partial charge in [-0.2, -0.15) is 0 Å². The maximum Gasteiger partial charge on any atom is 0.418 e. The molecule has 5 rings (SSSR count). The molecule has 0 radical (unpaired) electrons. The molecule has 2 saturated heterocycles. The predicted molar refractivity (Wildman–Crippen MR) is 163 cm³/mol. The van der Waals surface area contributed by atoms with Gasteiger partial charge >= 0.3 is 12.1 Å². The minimum absolute atomic E-state index is 0.191. The van der Waals surface area contributed by atoms with E-state index in [2.05, 4.69) is 4.90 Å². The van der Waals surface area contributed by atoms with E-state index in [-0.39, 0.29) is 24.3 Å². The van der Waals surface area contributed by atoms with Gasteiger partial charge in [0.25, 0.3) is 6.43 Å². The molecule has 0 saturated carbocycles. The standard InChI is InChI=1S/C33H41F2N3O7/c1-5-6-13-44-33(40)38-10-9-24-26(28(41-3)14-21(2)31(24)38)16-37-12-11-36(18-30(34)35)17-27(37)22-7-8-25(32(39)42-4)29(15-22)45-23-19-43-20-23/h7-10,14-15,23,27,30H,5-6,11-13,16-20H2,1-4H3/t27-/m0/s1. The third kappa shape index (κ3) is 7.23. The number of benzene rings is 2. The lowest BCUT2D eigenvalue weighted by Crippen LogP contribution is -2.49. The summed E-state index contributed by atoms with van der Waals surface area (Å²) < 4.78 is 56.2. The van der Waals surface area contributed by atoms with Gasteiger partial charge in [-0.05, 0) is 48.7 Å². The van der Waals surface area contributed by atoms with Crippen molar-refractivity contribution < 1.29 is 42.1 Å². The molecule has 0 amide bonds. The van der Waals surface area contributed by atoms with Crippen molar-refractivity contribution in [1.29, 1.82) is 0 Å². The molecule has 3 aromatic rings. The fourth-order valence-corrected chi connectivity index (χ4v) is 5.96. The number of aromatic nitrogens is 1. The maximum absolute atomic E-state index is 13.5. The fraction of sp³-hybridized carbons (Fsp3) is 0.515. The van der Waals surface area contributed by atoms with E-state index in [1.54, 1.807) is 30.3 Å². The average molecular weight is 630 g/mol. The summed E-state index contributed by atoms with van der Waals surface area (Å²) in [5.74, 6) is 0.509. The third-order valence-electron chi connectivity index (χ3n) is 8.40. The van der Waals surface area contributed by atoms with Crippen LogP contribution in [0.5, 0.6) is 11.5 Å². The lowest BCUT2D eigenvalue weighted by molar-refractivity contribution is -0.0800. The molecule has 244 valence electrons. The zero-order chi connectivity index (χ0) is 32.1. The lowest BCUT2D eigenvalue weighted by atomic mass is 9.97. The van der Waals surface area contributed by atoms with E-state index in [1.807, 2.05) is 32.0 Å². The van der Waals surface area contributed by atoms with Crippen molar-refractivity contribution in [1.82, 2.24) is 14.4 Å². The summed E-state index contributed by atoms with van der Waals surface area (Å²) in [4.78, 5) is 29.5. The first-order valence-electron chi connectivity index (χ1n) is 15.3. The van der Waals surface area contributed by atoms with Gasteiger partial charge in [0.15, 0.2) is 0 Å². The van der Waals surface area contributed by atoms with E-state index in [9.17, 15) is 18.4 Å². The average Bonchev–Trinajstić information content (AvgIpc) is 3.46. The molecule has 10 nitrogen and oxygen atoms in total. The second kappa shape index (κ2) is 14.6. The van der Waals surface area contributed by atoms with E-state index in [0.29, 0.717) is 57.5 Å². The van der Waals surface area contributed by atoms with Crippen molar-refractivity contribution >= 4 is 23.0 Å². The van der Waals surface area contributed by atoms with Gasteiger partial charge in [-0.15, -0.1) is 0 Å². The summed E-state index contributed by atoms with van der Waals surface area (Å²) in [5.41, 5.74) is 3.58. The van der Waals surface area contributed by atoms with E-state index in [4.69, 9.17) is 23.7 Å². The molecule has 2 fully saturated rings. The molecule has 45 heavy (non-hydrogen) atoms. The number of halogens is 2. The van der Waals surface area contributed by atoms with E-state index >= 15 is 0 Å². The Morgan fingerprint density at radius 3 is 2.56 bits per heavy atom. The smallest absolute Gasteiger partial charge is 0.418 e. The van der Waals surface area contributed by atoms with Crippen LogP contribution in [0.1, 0.15) is 52.9 Å². The minimum atomic E-state index is -2.47. The van der Waals surface area contributed by atoms with Gasteiger partial charge in [0, 0.05) is 49.4 Å². The van der Waals surface area contributed by atoms with Crippen LogP contribution < -0.4 is 9.47 Å². The molecule has 2 aromatic carbocycles. The van der Waals surface area contributed by atoms with Crippen LogP contribution in [0, 0.1) is 6.92 Å². The van der Waals surface area contributed by atoms with Crippen LogP contribution in [-0.4, -0.2) is 99.2 Å². The highest BCUT2D eigenvalue weighted by Crippen LogP contribution is 2.37. The third-order valence-corrected chi connectivity index (χ3v) is 8.40. The number of hydrogen-bond acceptors (Lipinski definition) is 9. The molecule has 2 aliphatic rings. The zero-order valence-corrected chi connectivity index (χ0v) is 26.2. The Kier molecular flexibility index (Phi) is 10.6. The Hall–Kier alpha value is -3.74. The van der Waals surface area contributed by atoms with Crippen LogP contribution in [0.25, 0.3) is 10.9 Å². The number of fused-ring (bicyclic) bond motifs is 1. The zero-order valence-electron chi connectivity index (χ0n) is 26.2. The number of carbonyl (C=O) groups excluding carboxylic acids is 2. The molecule has 0 aliphatic carbocycles. The number of unbranched alkanes of at least 4 members (excludes halogenated alkanes) is 1. The summed E-state index contributed by atoms with van der Waals surface area (Å²) in [6.07, 6.45) is 0.316. The number of nitrogens with zero attached hydrogens (tertiary/aromatic N) is 3. The van der Waals surface area contributed by atoms with Crippen LogP contribution in [0.15, 0.2) is 36.5 Å². The SMILES string of the molecule is CCCCOC(=O)n1ccc2c(CN3CCN(CC(F)F)C[C@H]3c3ccc(C(=O)OC)c(OC4COC4)c3)c(OC)cc(C)c21. The van der Waals surface area contributed by atoms with Crippen molar-refractivity contribution in [3.05, 3.63) is 58.8 Å². The summed E-state index contributed by atoms with van der Waals surface area (Å²) in [6.45, 7) is 6.51. The van der Waals surface area contributed by atoms with E-state index in [1.165, 1.54) is 11.7 Å². The molecule has 12 heteroatoms. The molecule has 2 aliphatic heterocycles. The number of esters is 1. The Morgan fingerprint density at radius 2 is 1.89 bits per heavy atom.